The van der Waals surface area contributed by atoms with Crippen molar-refractivity contribution >= 4 is 17.8 Å². The normalized spacial score (nSPS) is 18.3. The lowest BCUT2D eigenvalue weighted by molar-refractivity contribution is -0.116. The van der Waals surface area contributed by atoms with Gasteiger partial charge in [-0.25, -0.2) is 0 Å². The van der Waals surface area contributed by atoms with E-state index in [2.05, 4.69) is 38.5 Å². The Hall–Kier alpha value is -3.67. The van der Waals surface area contributed by atoms with Gasteiger partial charge in [-0.15, -0.1) is 0 Å². The van der Waals surface area contributed by atoms with Gasteiger partial charge >= 0.3 is 0 Å². The first-order valence-corrected chi connectivity index (χ1v) is 10.8. The van der Waals surface area contributed by atoms with Crippen molar-refractivity contribution < 1.29 is 4.79 Å². The molecule has 9 nitrogen and oxygen atoms in total. The summed E-state index contributed by atoms with van der Waals surface area (Å²) in [5.74, 6) is 1.58. The highest BCUT2D eigenvalue weighted by atomic mass is 16.2. The molecule has 1 aromatic carbocycles. The third-order valence-electron chi connectivity index (χ3n) is 5.84. The molecule has 3 rings (SSSR count). The quantitative estimate of drug-likeness (QED) is 0.473. The van der Waals surface area contributed by atoms with E-state index in [9.17, 15) is 4.79 Å². The van der Waals surface area contributed by atoms with Crippen molar-refractivity contribution in [3.05, 3.63) is 53.7 Å². The lowest BCUT2D eigenvalue weighted by Crippen LogP contribution is -2.53. The van der Waals surface area contributed by atoms with Crippen molar-refractivity contribution in [2.75, 3.05) is 45.1 Å². The van der Waals surface area contributed by atoms with Gasteiger partial charge in [0.05, 0.1) is 35.2 Å². The Labute approximate surface area is 189 Å². The number of anilines is 1. The smallest absolute Gasteiger partial charge is 0.243 e. The van der Waals surface area contributed by atoms with Crippen LogP contribution in [0, 0.1) is 11.3 Å². The lowest BCUT2D eigenvalue weighted by atomic mass is 9.88. The van der Waals surface area contributed by atoms with E-state index in [0.29, 0.717) is 16.9 Å². The predicted octanol–water partition coefficient (Wildman–Crippen LogP) is 1.15. The number of hydrogen-bond donors (Lipinski definition) is 4. The maximum absolute atomic E-state index is 12.6. The molecule has 1 aromatic rings. The minimum absolute atomic E-state index is 0.104. The first-order valence-electron chi connectivity index (χ1n) is 10.8. The standard InChI is InChI=1S/C23H32N8O/c1-4-27-22(20(25)14-26-3)30-11-9-23(10-12-30)16-31(17(2)29-23)15-21(32)28-19-7-5-18(13-24)6-8-19/h5-8,14,27,29H,2,4,9-12,15-16,25H2,1,3H3,(H,28,32)/b22-20+,26-14?. The van der Waals surface area contributed by atoms with E-state index in [1.165, 1.54) is 0 Å². The molecule has 0 saturated carbocycles. The molecule has 2 heterocycles. The van der Waals surface area contributed by atoms with Crippen LogP contribution in [0.4, 0.5) is 5.69 Å². The van der Waals surface area contributed by atoms with Crippen LogP contribution in [-0.2, 0) is 4.79 Å². The highest BCUT2D eigenvalue weighted by molar-refractivity contribution is 5.92. The minimum atomic E-state index is -0.115. The molecule has 0 aromatic heterocycles. The zero-order valence-electron chi connectivity index (χ0n) is 18.8. The maximum atomic E-state index is 12.6. The van der Waals surface area contributed by atoms with Crippen molar-refractivity contribution in [2.24, 2.45) is 10.7 Å². The van der Waals surface area contributed by atoms with Gasteiger partial charge in [0, 0.05) is 45.1 Å². The Morgan fingerprint density at radius 2 is 2.06 bits per heavy atom. The van der Waals surface area contributed by atoms with Gasteiger partial charge in [-0.05, 0) is 44.0 Å². The van der Waals surface area contributed by atoms with Gasteiger partial charge in [0.25, 0.3) is 0 Å². The van der Waals surface area contributed by atoms with Crippen molar-refractivity contribution in [3.63, 3.8) is 0 Å². The molecule has 0 aliphatic carbocycles. The van der Waals surface area contributed by atoms with Crippen LogP contribution in [0.2, 0.25) is 0 Å². The van der Waals surface area contributed by atoms with Crippen LogP contribution in [0.3, 0.4) is 0 Å². The number of hydrogen-bond acceptors (Lipinski definition) is 8. The number of nitrogens with two attached hydrogens (primary N) is 1. The molecule has 1 spiro atoms. The molecule has 0 bridgehead atoms. The zero-order chi connectivity index (χ0) is 23.1. The summed E-state index contributed by atoms with van der Waals surface area (Å²) < 4.78 is 0. The minimum Gasteiger partial charge on any atom is -0.395 e. The second-order valence-corrected chi connectivity index (χ2v) is 8.15. The van der Waals surface area contributed by atoms with Gasteiger partial charge in [-0.3, -0.25) is 9.79 Å². The fourth-order valence-corrected chi connectivity index (χ4v) is 4.24. The molecule has 9 heteroatoms. The third kappa shape index (κ3) is 5.32. The lowest BCUT2D eigenvalue weighted by Gasteiger charge is -2.41. The molecule has 32 heavy (non-hydrogen) atoms. The van der Waals surface area contributed by atoms with Crippen LogP contribution in [0.1, 0.15) is 25.3 Å². The number of carbonyl (C=O) groups excluding carboxylic acids is 1. The van der Waals surface area contributed by atoms with E-state index < -0.39 is 0 Å². The molecular formula is C23H32N8O. The number of nitrogens with one attached hydrogen (secondary N) is 3. The summed E-state index contributed by atoms with van der Waals surface area (Å²) in [6.45, 7) is 9.59. The second kappa shape index (κ2) is 10.1. The number of benzene rings is 1. The largest absolute Gasteiger partial charge is 0.395 e. The molecule has 1 amide bonds. The monoisotopic (exact) mass is 436 g/mol. The number of rotatable bonds is 7. The zero-order valence-corrected chi connectivity index (χ0v) is 18.8. The van der Waals surface area contributed by atoms with Crippen molar-refractivity contribution in [1.82, 2.24) is 20.4 Å². The van der Waals surface area contributed by atoms with E-state index in [1.54, 1.807) is 37.5 Å². The van der Waals surface area contributed by atoms with Crippen molar-refractivity contribution in [1.29, 1.82) is 5.26 Å². The van der Waals surface area contributed by atoms with Gasteiger partial charge < -0.3 is 31.5 Å². The van der Waals surface area contributed by atoms with Gasteiger partial charge in [-0.1, -0.05) is 6.58 Å². The molecule has 170 valence electrons. The highest BCUT2D eigenvalue weighted by Crippen LogP contribution is 2.31. The molecule has 0 radical (unpaired) electrons. The first-order chi connectivity index (χ1) is 15.4. The number of carbonyl (C=O) groups is 1. The number of likely N-dealkylation sites (tertiary alicyclic amines) is 1. The summed E-state index contributed by atoms with van der Waals surface area (Å²) >= 11 is 0. The first kappa shape index (κ1) is 23.0. The number of piperidine rings is 1. The molecule has 2 aliphatic heterocycles. The molecule has 0 unspecified atom stereocenters. The van der Waals surface area contributed by atoms with Crippen LogP contribution < -0.4 is 21.7 Å². The fourth-order valence-electron chi connectivity index (χ4n) is 4.24. The molecule has 2 aliphatic rings. The Balaban J connectivity index is 1.57. The van der Waals surface area contributed by atoms with E-state index in [4.69, 9.17) is 11.0 Å². The summed E-state index contributed by atoms with van der Waals surface area (Å²) in [5, 5.41) is 18.7. The van der Waals surface area contributed by atoms with Crippen molar-refractivity contribution in [3.8, 4) is 6.07 Å². The van der Waals surface area contributed by atoms with E-state index in [1.807, 2.05) is 11.8 Å². The van der Waals surface area contributed by atoms with Crippen LogP contribution >= 0.6 is 0 Å². The molecule has 2 saturated heterocycles. The third-order valence-corrected chi connectivity index (χ3v) is 5.84. The second-order valence-electron chi connectivity index (χ2n) is 8.15. The molecule has 0 atom stereocenters. The average Bonchev–Trinajstić information content (AvgIpc) is 3.07. The summed E-state index contributed by atoms with van der Waals surface area (Å²) in [5.41, 5.74) is 7.96. The Bertz CT molecular complexity index is 936. The van der Waals surface area contributed by atoms with Crippen LogP contribution in [0.25, 0.3) is 0 Å². The molecule has 2 fully saturated rings. The Kier molecular flexibility index (Phi) is 7.25. The van der Waals surface area contributed by atoms with Crippen LogP contribution in [0.5, 0.6) is 0 Å². The number of amides is 1. The maximum Gasteiger partial charge on any atom is 0.243 e. The van der Waals surface area contributed by atoms with E-state index >= 15 is 0 Å². The van der Waals surface area contributed by atoms with E-state index in [0.717, 1.165) is 50.7 Å². The van der Waals surface area contributed by atoms with Crippen LogP contribution in [0.15, 0.2) is 53.2 Å². The van der Waals surface area contributed by atoms with E-state index in [-0.39, 0.29) is 18.0 Å². The number of nitrogens with zero attached hydrogens (tertiary/aromatic N) is 4. The van der Waals surface area contributed by atoms with Gasteiger partial charge in [0.1, 0.15) is 5.82 Å². The van der Waals surface area contributed by atoms with Crippen molar-refractivity contribution in [2.45, 2.75) is 25.3 Å². The Morgan fingerprint density at radius 1 is 1.38 bits per heavy atom. The Morgan fingerprint density at radius 3 is 2.66 bits per heavy atom. The summed E-state index contributed by atoms with van der Waals surface area (Å²) in [7, 11) is 1.71. The van der Waals surface area contributed by atoms with Gasteiger partial charge in [0.2, 0.25) is 5.91 Å². The number of nitriles is 1. The fraction of sp³-hybridized carbons (Fsp3) is 0.435. The average molecular weight is 437 g/mol. The van der Waals surface area contributed by atoms with Gasteiger partial charge in [-0.2, -0.15) is 5.26 Å². The summed E-state index contributed by atoms with van der Waals surface area (Å²) in [6, 6.07) is 8.90. The number of aliphatic imine (C=N–C) groups is 1. The van der Waals surface area contributed by atoms with Crippen LogP contribution in [-0.4, -0.2) is 67.2 Å². The highest BCUT2D eigenvalue weighted by Gasteiger charge is 2.42. The SMILES string of the molecule is C=C1NC2(CCN(/C(NCC)=C(/N)C=NC)CC2)CN1CC(=O)Nc1ccc(C#N)cc1. The molecular weight excluding hydrogens is 404 g/mol. The predicted molar refractivity (Wildman–Crippen MR) is 126 cm³/mol. The topological polar surface area (TPSA) is 122 Å². The molecule has 5 N–H and O–H groups in total. The summed E-state index contributed by atoms with van der Waals surface area (Å²) in [6.07, 6.45) is 3.49. The van der Waals surface area contributed by atoms with Gasteiger partial charge in [0.15, 0.2) is 0 Å². The number of allylic oxidation sites excluding steroid dienone is 1. The summed E-state index contributed by atoms with van der Waals surface area (Å²) in [4.78, 5) is 20.8.